The maximum Gasteiger partial charge on any atom is 0.222 e. The van der Waals surface area contributed by atoms with Crippen LogP contribution in [0.3, 0.4) is 0 Å². The Kier molecular flexibility index (Phi) is 3.93. The van der Waals surface area contributed by atoms with Crippen molar-refractivity contribution < 1.29 is 4.79 Å². The maximum atomic E-state index is 11.5. The van der Waals surface area contributed by atoms with Crippen molar-refractivity contribution in [1.82, 2.24) is 5.32 Å². The number of nitrogens with one attached hydrogen (secondary N) is 1. The molecule has 0 unspecified atom stereocenters. The normalized spacial score (nSPS) is 19.4. The van der Waals surface area contributed by atoms with E-state index in [1.807, 2.05) is 13.8 Å². The molecule has 0 heterocycles. The van der Waals surface area contributed by atoms with Gasteiger partial charge in [-0.15, -0.1) is 0 Å². The number of carbonyl (C=O) groups is 1. The van der Waals surface area contributed by atoms with Gasteiger partial charge in [0.15, 0.2) is 0 Å². The van der Waals surface area contributed by atoms with E-state index in [0.717, 1.165) is 12.8 Å². The van der Waals surface area contributed by atoms with Crippen LogP contribution in [0.1, 0.15) is 52.4 Å². The van der Waals surface area contributed by atoms with E-state index >= 15 is 0 Å². The lowest BCUT2D eigenvalue weighted by atomic mass is 9.94. The molecular weight excluding hydrogens is 176 g/mol. The molecule has 0 aromatic carbocycles. The highest BCUT2D eigenvalue weighted by Gasteiger charge is 2.20. The molecular formula is C11H22N2O. The number of hydrogen-bond donors (Lipinski definition) is 2. The Morgan fingerprint density at radius 2 is 1.93 bits per heavy atom. The van der Waals surface area contributed by atoms with Crippen molar-refractivity contribution in [2.75, 3.05) is 0 Å². The number of amides is 1. The average Bonchev–Trinajstić information content (AvgIpc) is 2.02. The summed E-state index contributed by atoms with van der Waals surface area (Å²) < 4.78 is 0. The van der Waals surface area contributed by atoms with Crippen molar-refractivity contribution in [2.45, 2.75) is 64.0 Å². The Bertz CT molecular complexity index is 190. The van der Waals surface area contributed by atoms with Gasteiger partial charge in [-0.3, -0.25) is 4.79 Å². The van der Waals surface area contributed by atoms with Crippen LogP contribution in [0, 0.1) is 0 Å². The van der Waals surface area contributed by atoms with Gasteiger partial charge in [0.2, 0.25) is 5.91 Å². The third kappa shape index (κ3) is 4.61. The van der Waals surface area contributed by atoms with Crippen LogP contribution in [0.15, 0.2) is 0 Å². The smallest absolute Gasteiger partial charge is 0.222 e. The first-order valence-corrected chi connectivity index (χ1v) is 5.56. The van der Waals surface area contributed by atoms with Crippen LogP contribution < -0.4 is 11.1 Å². The van der Waals surface area contributed by atoms with Gasteiger partial charge < -0.3 is 11.1 Å². The minimum absolute atomic E-state index is 0.101. The van der Waals surface area contributed by atoms with Crippen molar-refractivity contribution in [3.8, 4) is 0 Å². The van der Waals surface area contributed by atoms with Gasteiger partial charge >= 0.3 is 0 Å². The summed E-state index contributed by atoms with van der Waals surface area (Å²) in [7, 11) is 0. The molecule has 1 aliphatic carbocycles. The summed E-state index contributed by atoms with van der Waals surface area (Å²) in [5, 5.41) is 3.06. The number of nitrogens with two attached hydrogens (primary N) is 1. The highest BCUT2D eigenvalue weighted by Crippen LogP contribution is 2.17. The third-order valence-electron chi connectivity index (χ3n) is 2.59. The molecule has 0 aromatic heterocycles. The monoisotopic (exact) mass is 198 g/mol. The van der Waals surface area contributed by atoms with E-state index in [1.165, 1.54) is 19.3 Å². The van der Waals surface area contributed by atoms with Gasteiger partial charge in [-0.25, -0.2) is 0 Å². The van der Waals surface area contributed by atoms with Crippen molar-refractivity contribution >= 4 is 5.91 Å². The molecule has 0 spiro atoms. The van der Waals surface area contributed by atoms with Gasteiger partial charge in [-0.05, 0) is 26.7 Å². The molecule has 14 heavy (non-hydrogen) atoms. The lowest BCUT2D eigenvalue weighted by Gasteiger charge is -2.25. The van der Waals surface area contributed by atoms with Crippen molar-refractivity contribution in [3.63, 3.8) is 0 Å². The zero-order valence-electron chi connectivity index (χ0n) is 9.31. The topological polar surface area (TPSA) is 55.1 Å². The maximum absolute atomic E-state index is 11.5. The molecule has 0 radical (unpaired) electrons. The fourth-order valence-electron chi connectivity index (χ4n) is 1.94. The third-order valence-corrected chi connectivity index (χ3v) is 2.59. The molecule has 1 saturated carbocycles. The molecule has 0 bridgehead atoms. The summed E-state index contributed by atoms with van der Waals surface area (Å²) in [6.07, 6.45) is 6.50. The van der Waals surface area contributed by atoms with Gasteiger partial charge in [0.1, 0.15) is 0 Å². The average molecular weight is 198 g/mol. The van der Waals surface area contributed by atoms with E-state index in [4.69, 9.17) is 5.73 Å². The lowest BCUT2D eigenvalue weighted by molar-refractivity contribution is -0.122. The van der Waals surface area contributed by atoms with E-state index in [2.05, 4.69) is 5.32 Å². The summed E-state index contributed by atoms with van der Waals surface area (Å²) in [4.78, 5) is 11.5. The highest BCUT2D eigenvalue weighted by molar-refractivity contribution is 5.77. The Hall–Kier alpha value is -0.570. The Labute approximate surface area is 86.4 Å². The van der Waals surface area contributed by atoms with E-state index in [9.17, 15) is 4.79 Å². The van der Waals surface area contributed by atoms with E-state index in [1.54, 1.807) is 0 Å². The molecule has 0 saturated heterocycles. The molecule has 1 aliphatic rings. The summed E-state index contributed by atoms with van der Waals surface area (Å²) in [6.45, 7) is 3.76. The van der Waals surface area contributed by atoms with E-state index in [0.29, 0.717) is 12.5 Å². The van der Waals surface area contributed by atoms with Crippen molar-refractivity contribution in [2.24, 2.45) is 5.73 Å². The molecule has 0 atom stereocenters. The van der Waals surface area contributed by atoms with Gasteiger partial charge in [-0.2, -0.15) is 0 Å². The lowest BCUT2D eigenvalue weighted by Crippen LogP contribution is -2.43. The number of hydrogen-bond acceptors (Lipinski definition) is 2. The predicted octanol–water partition coefficient (Wildman–Crippen LogP) is 1.56. The first kappa shape index (κ1) is 11.5. The SMILES string of the molecule is CC(C)(N)CC(=O)NC1CCCCC1. The summed E-state index contributed by atoms with van der Waals surface area (Å²) in [5.41, 5.74) is 5.39. The Balaban J connectivity index is 2.25. The number of rotatable bonds is 3. The van der Waals surface area contributed by atoms with Crippen molar-refractivity contribution in [3.05, 3.63) is 0 Å². The molecule has 0 aromatic rings. The summed E-state index contributed by atoms with van der Waals surface area (Å²) in [6, 6.07) is 0.401. The molecule has 3 N–H and O–H groups in total. The van der Waals surface area contributed by atoms with Gasteiger partial charge in [-0.1, -0.05) is 19.3 Å². The fraction of sp³-hybridized carbons (Fsp3) is 0.909. The fourth-order valence-corrected chi connectivity index (χ4v) is 1.94. The summed E-state index contributed by atoms with van der Waals surface area (Å²) in [5.74, 6) is 0.101. The molecule has 1 amide bonds. The molecule has 3 heteroatoms. The van der Waals surface area contributed by atoms with Gasteiger partial charge in [0.05, 0.1) is 0 Å². The van der Waals surface area contributed by atoms with Gasteiger partial charge in [0, 0.05) is 18.0 Å². The minimum Gasteiger partial charge on any atom is -0.353 e. The second-order valence-electron chi connectivity index (χ2n) is 5.07. The standard InChI is InChI=1S/C11H22N2O/c1-11(2,12)8-10(14)13-9-6-4-3-5-7-9/h9H,3-8,12H2,1-2H3,(H,13,14). The number of carbonyl (C=O) groups excluding carboxylic acids is 1. The minimum atomic E-state index is -0.390. The Morgan fingerprint density at radius 1 is 1.36 bits per heavy atom. The second-order valence-corrected chi connectivity index (χ2v) is 5.07. The molecule has 1 rings (SSSR count). The van der Waals surface area contributed by atoms with Crippen LogP contribution in [-0.4, -0.2) is 17.5 Å². The second kappa shape index (κ2) is 4.78. The van der Waals surface area contributed by atoms with E-state index < -0.39 is 5.54 Å². The van der Waals surface area contributed by atoms with Crippen LogP contribution in [0.5, 0.6) is 0 Å². The van der Waals surface area contributed by atoms with E-state index in [-0.39, 0.29) is 5.91 Å². The van der Waals surface area contributed by atoms with Crippen LogP contribution in [0.4, 0.5) is 0 Å². The van der Waals surface area contributed by atoms with Crippen LogP contribution in [0.25, 0.3) is 0 Å². The molecule has 82 valence electrons. The Morgan fingerprint density at radius 3 is 2.43 bits per heavy atom. The summed E-state index contributed by atoms with van der Waals surface area (Å²) >= 11 is 0. The van der Waals surface area contributed by atoms with Crippen LogP contribution >= 0.6 is 0 Å². The zero-order valence-corrected chi connectivity index (χ0v) is 9.31. The molecule has 3 nitrogen and oxygen atoms in total. The van der Waals surface area contributed by atoms with Crippen LogP contribution in [0.2, 0.25) is 0 Å². The zero-order chi connectivity index (χ0) is 10.6. The quantitative estimate of drug-likeness (QED) is 0.723. The first-order chi connectivity index (χ1) is 6.47. The predicted molar refractivity (Wildman–Crippen MR) is 57.9 cm³/mol. The van der Waals surface area contributed by atoms with Crippen LogP contribution in [-0.2, 0) is 4.79 Å². The molecule has 0 aliphatic heterocycles. The first-order valence-electron chi connectivity index (χ1n) is 5.56. The molecule has 1 fully saturated rings. The van der Waals surface area contributed by atoms with Gasteiger partial charge in [0.25, 0.3) is 0 Å². The van der Waals surface area contributed by atoms with Crippen molar-refractivity contribution in [1.29, 1.82) is 0 Å². The highest BCUT2D eigenvalue weighted by atomic mass is 16.1. The largest absolute Gasteiger partial charge is 0.353 e.